The van der Waals surface area contributed by atoms with Gasteiger partial charge in [0.15, 0.2) is 0 Å². The molecule has 72 valence electrons. The van der Waals surface area contributed by atoms with Crippen LogP contribution in [0.5, 0.6) is 0 Å². The first kappa shape index (κ1) is 10.0. The van der Waals surface area contributed by atoms with Gasteiger partial charge in [0.1, 0.15) is 0 Å². The Bertz CT molecular complexity index is 139. The summed E-state index contributed by atoms with van der Waals surface area (Å²) in [4.78, 5) is 0. The monoisotopic (exact) mass is 170 g/mol. The normalized spacial score (nSPS) is 31.5. The third-order valence-corrected chi connectivity index (χ3v) is 2.79. The van der Waals surface area contributed by atoms with Gasteiger partial charge in [-0.3, -0.25) is 0 Å². The van der Waals surface area contributed by atoms with Crippen molar-refractivity contribution in [1.82, 2.24) is 0 Å². The van der Waals surface area contributed by atoms with Gasteiger partial charge in [0.25, 0.3) is 0 Å². The van der Waals surface area contributed by atoms with E-state index in [0.29, 0.717) is 16.9 Å². The van der Waals surface area contributed by atoms with Crippen LogP contribution in [-0.4, -0.2) is 12.7 Å². The van der Waals surface area contributed by atoms with E-state index < -0.39 is 0 Å². The summed E-state index contributed by atoms with van der Waals surface area (Å²) in [6.45, 7) is 14.6. The quantitative estimate of drug-likeness (QED) is 0.543. The summed E-state index contributed by atoms with van der Waals surface area (Å²) < 4.78 is 5.63. The van der Waals surface area contributed by atoms with E-state index >= 15 is 0 Å². The van der Waals surface area contributed by atoms with Gasteiger partial charge in [0.2, 0.25) is 0 Å². The Labute approximate surface area is 76.5 Å². The van der Waals surface area contributed by atoms with Gasteiger partial charge in [-0.25, -0.2) is 0 Å². The van der Waals surface area contributed by atoms with E-state index in [0.717, 1.165) is 12.5 Å². The summed E-state index contributed by atoms with van der Waals surface area (Å²) in [5, 5.41) is 0. The van der Waals surface area contributed by atoms with Crippen LogP contribution in [0, 0.1) is 16.7 Å². The lowest BCUT2D eigenvalue weighted by atomic mass is 9.67. The molecule has 1 nitrogen and oxygen atoms in total. The van der Waals surface area contributed by atoms with Crippen molar-refractivity contribution in [2.75, 3.05) is 6.61 Å². The van der Waals surface area contributed by atoms with Crippen molar-refractivity contribution in [2.24, 2.45) is 16.7 Å². The lowest BCUT2D eigenvalue weighted by molar-refractivity contribution is -0.198. The zero-order chi connectivity index (χ0) is 9.57. The molecule has 0 aromatic rings. The van der Waals surface area contributed by atoms with Gasteiger partial charge < -0.3 is 4.74 Å². The van der Waals surface area contributed by atoms with E-state index in [1.165, 1.54) is 0 Å². The van der Waals surface area contributed by atoms with Crippen molar-refractivity contribution in [3.05, 3.63) is 0 Å². The number of rotatable bonds is 0. The van der Waals surface area contributed by atoms with Gasteiger partial charge in [-0.2, -0.15) is 0 Å². The first-order chi connectivity index (χ1) is 5.23. The lowest BCUT2D eigenvalue weighted by Crippen LogP contribution is -2.53. The van der Waals surface area contributed by atoms with Gasteiger partial charge in [-0.05, 0) is 10.8 Å². The van der Waals surface area contributed by atoms with Gasteiger partial charge in [0, 0.05) is 5.92 Å². The van der Waals surface area contributed by atoms with E-state index in [-0.39, 0.29) is 0 Å². The molecule has 0 aromatic heterocycles. The second kappa shape index (κ2) is 2.73. The highest BCUT2D eigenvalue weighted by Crippen LogP contribution is 2.44. The SMILES string of the molecule is CC(C)(C)C1COC1C(C)(C)C. The molecule has 2 unspecified atom stereocenters. The maximum Gasteiger partial charge on any atom is 0.0678 e. The maximum absolute atomic E-state index is 5.63. The molecule has 0 aromatic carbocycles. The first-order valence-electron chi connectivity index (χ1n) is 4.84. The summed E-state index contributed by atoms with van der Waals surface area (Å²) in [5.74, 6) is 0.734. The minimum Gasteiger partial charge on any atom is -0.377 e. The largest absolute Gasteiger partial charge is 0.377 e. The highest BCUT2D eigenvalue weighted by molar-refractivity contribution is 4.93. The predicted molar refractivity (Wildman–Crippen MR) is 52.1 cm³/mol. The van der Waals surface area contributed by atoms with E-state index in [9.17, 15) is 0 Å². The van der Waals surface area contributed by atoms with Gasteiger partial charge in [0.05, 0.1) is 12.7 Å². The molecule has 1 aliphatic rings. The third-order valence-electron chi connectivity index (χ3n) is 2.79. The van der Waals surface area contributed by atoms with E-state index in [1.807, 2.05) is 0 Å². The van der Waals surface area contributed by atoms with Crippen LogP contribution in [0.3, 0.4) is 0 Å². The Balaban J connectivity index is 2.62. The van der Waals surface area contributed by atoms with Crippen molar-refractivity contribution in [1.29, 1.82) is 0 Å². The highest BCUT2D eigenvalue weighted by atomic mass is 16.5. The molecule has 1 aliphatic heterocycles. The topological polar surface area (TPSA) is 9.23 Å². The molecule has 0 N–H and O–H groups in total. The van der Waals surface area contributed by atoms with E-state index in [1.54, 1.807) is 0 Å². The summed E-state index contributed by atoms with van der Waals surface area (Å²) in [6, 6.07) is 0. The zero-order valence-electron chi connectivity index (χ0n) is 9.27. The molecule has 12 heavy (non-hydrogen) atoms. The molecule has 1 fully saturated rings. The molecular formula is C11H22O. The smallest absolute Gasteiger partial charge is 0.0678 e. The fourth-order valence-corrected chi connectivity index (χ4v) is 1.85. The third kappa shape index (κ3) is 1.82. The van der Waals surface area contributed by atoms with Crippen molar-refractivity contribution < 1.29 is 4.74 Å². The average Bonchev–Trinajstić information content (AvgIpc) is 1.46. The molecule has 0 amide bonds. The van der Waals surface area contributed by atoms with Crippen LogP contribution >= 0.6 is 0 Å². The van der Waals surface area contributed by atoms with Crippen molar-refractivity contribution in [3.8, 4) is 0 Å². The molecule has 0 saturated carbocycles. The molecule has 0 bridgehead atoms. The van der Waals surface area contributed by atoms with E-state index in [2.05, 4.69) is 41.5 Å². The van der Waals surface area contributed by atoms with Gasteiger partial charge in [-0.15, -0.1) is 0 Å². The molecule has 0 radical (unpaired) electrons. The number of hydrogen-bond acceptors (Lipinski definition) is 1. The summed E-state index contributed by atoms with van der Waals surface area (Å²) in [5.41, 5.74) is 0.701. The van der Waals surface area contributed by atoms with Gasteiger partial charge >= 0.3 is 0 Å². The van der Waals surface area contributed by atoms with Crippen LogP contribution in [0.15, 0.2) is 0 Å². The maximum atomic E-state index is 5.63. The van der Waals surface area contributed by atoms with Crippen LogP contribution in [0.4, 0.5) is 0 Å². The predicted octanol–water partition coefficient (Wildman–Crippen LogP) is 3.09. The number of hydrogen-bond donors (Lipinski definition) is 0. The Morgan fingerprint density at radius 3 is 1.50 bits per heavy atom. The number of ether oxygens (including phenoxy) is 1. The highest BCUT2D eigenvalue weighted by Gasteiger charge is 2.46. The summed E-state index contributed by atoms with van der Waals surface area (Å²) in [6.07, 6.45) is 0.456. The second-order valence-electron chi connectivity index (χ2n) is 6.09. The van der Waals surface area contributed by atoms with E-state index in [4.69, 9.17) is 4.74 Å². The molecule has 2 atom stereocenters. The van der Waals surface area contributed by atoms with Crippen molar-refractivity contribution in [3.63, 3.8) is 0 Å². The molecule has 0 spiro atoms. The second-order valence-corrected chi connectivity index (χ2v) is 6.09. The Hall–Kier alpha value is -0.0400. The van der Waals surface area contributed by atoms with Crippen molar-refractivity contribution >= 4 is 0 Å². The lowest BCUT2D eigenvalue weighted by Gasteiger charge is -2.50. The Morgan fingerprint density at radius 1 is 0.917 bits per heavy atom. The summed E-state index contributed by atoms with van der Waals surface area (Å²) in [7, 11) is 0. The Kier molecular flexibility index (Phi) is 2.28. The molecule has 1 saturated heterocycles. The molecular weight excluding hydrogens is 148 g/mol. The fourth-order valence-electron chi connectivity index (χ4n) is 1.85. The fraction of sp³-hybridized carbons (Fsp3) is 1.00. The molecule has 1 heterocycles. The van der Waals surface area contributed by atoms with Crippen LogP contribution in [0.1, 0.15) is 41.5 Å². The molecule has 0 aliphatic carbocycles. The van der Waals surface area contributed by atoms with Crippen LogP contribution in [0.25, 0.3) is 0 Å². The molecule has 1 heteroatoms. The molecule has 1 rings (SSSR count). The van der Waals surface area contributed by atoms with Crippen LogP contribution in [-0.2, 0) is 4.74 Å². The summed E-state index contributed by atoms with van der Waals surface area (Å²) >= 11 is 0. The van der Waals surface area contributed by atoms with Gasteiger partial charge in [-0.1, -0.05) is 41.5 Å². The standard InChI is InChI=1S/C11H22O/c1-10(2,3)8-7-12-9(8)11(4,5)6/h8-9H,7H2,1-6H3. The Morgan fingerprint density at radius 2 is 1.42 bits per heavy atom. The first-order valence-corrected chi connectivity index (χ1v) is 4.84. The van der Waals surface area contributed by atoms with Crippen LogP contribution < -0.4 is 0 Å². The average molecular weight is 170 g/mol. The van der Waals surface area contributed by atoms with Crippen LogP contribution in [0.2, 0.25) is 0 Å². The minimum atomic E-state index is 0.302. The zero-order valence-corrected chi connectivity index (χ0v) is 9.27. The minimum absolute atomic E-state index is 0.302. The van der Waals surface area contributed by atoms with Crippen molar-refractivity contribution in [2.45, 2.75) is 47.6 Å².